The van der Waals surface area contributed by atoms with E-state index in [-0.39, 0.29) is 27.5 Å². The second-order valence-electron chi connectivity index (χ2n) is 0.702. The fourth-order valence-corrected chi connectivity index (χ4v) is 0. The molecule has 0 aromatic rings. The molecule has 0 amide bonds. The Morgan fingerprint density at radius 2 is 1.22 bits per heavy atom. The Balaban J connectivity index is -0.0000000221. The fourth-order valence-electron chi connectivity index (χ4n) is 0. The normalized spacial score (nSPS) is 4.11. The zero-order valence-corrected chi connectivity index (χ0v) is 7.57. The number of Topliss-reactive ketones (excluding diaryl/α,β-unsaturated/α-hetero) is 1. The first-order chi connectivity index (χ1) is 3.73. The predicted octanol–water partition coefficient (Wildman–Crippen LogP) is -0.376. The molecule has 2 N–H and O–H groups in total. The van der Waals surface area contributed by atoms with Gasteiger partial charge in [-0.15, -0.1) is 0 Å². The third-order valence-electron chi connectivity index (χ3n) is 0. The molecule has 0 heterocycles. The fraction of sp³-hybridized carbons (Fsp3) is 0.600. The molecule has 0 fully saturated rings. The van der Waals surface area contributed by atoms with E-state index in [1.54, 1.807) is 0 Å². The smallest absolute Gasteiger partial charge is 0.0319 e. The molecule has 0 aromatic heterocycles. The summed E-state index contributed by atoms with van der Waals surface area (Å²) in [5.41, 5.74) is 0. The molecular formula is C5H13O3Ti-. The van der Waals surface area contributed by atoms with Crippen molar-refractivity contribution in [3.63, 3.8) is 0 Å². The van der Waals surface area contributed by atoms with Gasteiger partial charge in [-0.2, -0.15) is 0 Å². The number of carbonyl (C=O) groups is 1. The van der Waals surface area contributed by atoms with Crippen molar-refractivity contribution in [2.45, 2.75) is 6.92 Å². The standard InChI is InChI=1S/C3H5O.2CH4O.Ti/c1-3(2)4;2*1-2;/h1H2,2H3;2*2H,1H3;/q-1;;;. The largest absolute Gasteiger partial charge is 0.400 e. The van der Waals surface area contributed by atoms with Crippen LogP contribution in [-0.4, -0.2) is 30.2 Å². The van der Waals surface area contributed by atoms with Gasteiger partial charge in [-0.3, -0.25) is 0 Å². The van der Waals surface area contributed by atoms with Crippen molar-refractivity contribution in [1.82, 2.24) is 0 Å². The van der Waals surface area contributed by atoms with Gasteiger partial charge in [0, 0.05) is 35.9 Å². The van der Waals surface area contributed by atoms with Gasteiger partial charge in [0.2, 0.25) is 0 Å². The van der Waals surface area contributed by atoms with Crippen molar-refractivity contribution >= 4 is 5.78 Å². The summed E-state index contributed by atoms with van der Waals surface area (Å²) < 4.78 is 0. The van der Waals surface area contributed by atoms with Crippen LogP contribution in [0.15, 0.2) is 0 Å². The molecule has 0 aliphatic heterocycles. The molecule has 0 spiro atoms. The average Bonchev–Trinajstić information content (AvgIpc) is 1.75. The van der Waals surface area contributed by atoms with Crippen molar-refractivity contribution in [3.8, 4) is 0 Å². The molecule has 3 nitrogen and oxygen atoms in total. The van der Waals surface area contributed by atoms with E-state index in [4.69, 9.17) is 10.2 Å². The van der Waals surface area contributed by atoms with Gasteiger partial charge in [0.1, 0.15) is 0 Å². The second kappa shape index (κ2) is 41.8. The maximum Gasteiger partial charge on any atom is 0.0319 e. The van der Waals surface area contributed by atoms with Crippen molar-refractivity contribution in [2.24, 2.45) is 0 Å². The van der Waals surface area contributed by atoms with Crippen molar-refractivity contribution in [2.75, 3.05) is 14.2 Å². The quantitative estimate of drug-likeness (QED) is 0.384. The number of rotatable bonds is 0. The molecular weight excluding hydrogens is 156 g/mol. The summed E-state index contributed by atoms with van der Waals surface area (Å²) in [6, 6.07) is 0. The maximum atomic E-state index is 9.33. The minimum absolute atomic E-state index is 0. The first kappa shape index (κ1) is 22.9. The van der Waals surface area contributed by atoms with Crippen LogP contribution in [0.4, 0.5) is 0 Å². The van der Waals surface area contributed by atoms with E-state index in [0.29, 0.717) is 0 Å². The van der Waals surface area contributed by atoms with E-state index in [2.05, 4.69) is 6.92 Å². The molecule has 0 saturated carbocycles. The third-order valence-corrected chi connectivity index (χ3v) is 0. The summed E-state index contributed by atoms with van der Waals surface area (Å²) in [6.07, 6.45) is 0. The Labute approximate surface area is 71.0 Å². The van der Waals surface area contributed by atoms with Crippen LogP contribution in [-0.2, 0) is 26.5 Å². The van der Waals surface area contributed by atoms with Crippen LogP contribution in [0.25, 0.3) is 0 Å². The molecule has 0 bridgehead atoms. The second-order valence-corrected chi connectivity index (χ2v) is 0.702. The predicted molar refractivity (Wildman–Crippen MR) is 32.3 cm³/mol. The third kappa shape index (κ3) is 10300. The Morgan fingerprint density at radius 1 is 1.22 bits per heavy atom. The van der Waals surface area contributed by atoms with Crippen molar-refractivity contribution in [1.29, 1.82) is 0 Å². The van der Waals surface area contributed by atoms with E-state index in [1.807, 2.05) is 0 Å². The van der Waals surface area contributed by atoms with Gasteiger partial charge in [-0.05, 0) is 12.7 Å². The van der Waals surface area contributed by atoms with Crippen LogP contribution in [0, 0.1) is 6.92 Å². The molecule has 0 aliphatic carbocycles. The Hall–Kier alpha value is 0.174. The number of aliphatic hydroxyl groups excluding tert-OH is 2. The van der Waals surface area contributed by atoms with Crippen molar-refractivity contribution in [3.05, 3.63) is 6.92 Å². The van der Waals surface area contributed by atoms with E-state index < -0.39 is 0 Å². The monoisotopic (exact) mass is 169 g/mol. The van der Waals surface area contributed by atoms with Gasteiger partial charge < -0.3 is 21.9 Å². The number of ketones is 1. The molecule has 0 aromatic carbocycles. The first-order valence-electron chi connectivity index (χ1n) is 1.95. The van der Waals surface area contributed by atoms with Gasteiger partial charge >= 0.3 is 0 Å². The molecule has 0 rings (SSSR count). The molecule has 0 atom stereocenters. The van der Waals surface area contributed by atoms with Crippen LogP contribution in [0.3, 0.4) is 0 Å². The van der Waals surface area contributed by atoms with Gasteiger partial charge in [0.15, 0.2) is 0 Å². The van der Waals surface area contributed by atoms with Crippen LogP contribution in [0.5, 0.6) is 0 Å². The number of carbonyl (C=O) groups excluding carboxylic acids is 1. The summed E-state index contributed by atoms with van der Waals surface area (Å²) >= 11 is 0. The molecule has 0 aliphatic rings. The van der Waals surface area contributed by atoms with Crippen LogP contribution in [0.2, 0.25) is 0 Å². The first-order valence-corrected chi connectivity index (χ1v) is 1.95. The van der Waals surface area contributed by atoms with Gasteiger partial charge in [-0.1, -0.05) is 0 Å². The summed E-state index contributed by atoms with van der Waals surface area (Å²) in [6.45, 7) is 4.42. The summed E-state index contributed by atoms with van der Waals surface area (Å²) in [7, 11) is 2.00. The number of hydrogen-bond acceptors (Lipinski definition) is 3. The molecule has 9 heavy (non-hydrogen) atoms. The van der Waals surface area contributed by atoms with Crippen molar-refractivity contribution < 1.29 is 36.7 Å². The van der Waals surface area contributed by atoms with E-state index in [0.717, 1.165) is 14.2 Å². The van der Waals surface area contributed by atoms with Gasteiger partial charge in [0.05, 0.1) is 0 Å². The Bertz CT molecular complexity index is 35.2. The summed E-state index contributed by atoms with van der Waals surface area (Å²) in [5, 5.41) is 14.0. The van der Waals surface area contributed by atoms with E-state index in [9.17, 15) is 4.79 Å². The average molecular weight is 169 g/mol. The van der Waals surface area contributed by atoms with Crippen LogP contribution < -0.4 is 0 Å². The Kier molecular flexibility index (Phi) is 106. The summed E-state index contributed by atoms with van der Waals surface area (Å²) in [5.74, 6) is -0.0833. The van der Waals surface area contributed by atoms with Crippen LogP contribution in [0.1, 0.15) is 6.92 Å². The molecule has 0 saturated heterocycles. The zero-order valence-electron chi connectivity index (χ0n) is 6.01. The van der Waals surface area contributed by atoms with Crippen LogP contribution >= 0.6 is 0 Å². The number of aliphatic hydroxyl groups is 2. The summed E-state index contributed by atoms with van der Waals surface area (Å²) in [4.78, 5) is 9.33. The van der Waals surface area contributed by atoms with E-state index >= 15 is 0 Å². The van der Waals surface area contributed by atoms with Gasteiger partial charge in [-0.25, -0.2) is 0 Å². The topological polar surface area (TPSA) is 57.5 Å². The molecule has 4 heteroatoms. The number of hydrogen-bond donors (Lipinski definition) is 2. The molecule has 0 radical (unpaired) electrons. The minimum atomic E-state index is -0.0833. The molecule has 0 unspecified atom stereocenters. The Morgan fingerprint density at radius 3 is 1.22 bits per heavy atom. The minimum Gasteiger partial charge on any atom is -0.400 e. The van der Waals surface area contributed by atoms with E-state index in [1.165, 1.54) is 6.92 Å². The molecule has 56 valence electrons. The maximum absolute atomic E-state index is 9.33. The zero-order chi connectivity index (χ0) is 7.58. The van der Waals surface area contributed by atoms with Gasteiger partial charge in [0.25, 0.3) is 0 Å². The SMILES string of the molecule is CO.CO.[CH2-]C(C)=O.[Ti].